The summed E-state index contributed by atoms with van der Waals surface area (Å²) < 4.78 is 34.0. The number of nitrogens with zero attached hydrogens (tertiary/aromatic N) is 2. The van der Waals surface area contributed by atoms with Crippen molar-refractivity contribution in [3.05, 3.63) is 24.0 Å². The quantitative estimate of drug-likeness (QED) is 0.558. The molecule has 0 aliphatic heterocycles. The molecule has 2 aromatic heterocycles. The van der Waals surface area contributed by atoms with Crippen LogP contribution in [0.4, 0.5) is 0 Å². The van der Waals surface area contributed by atoms with Gasteiger partial charge in [0.05, 0.1) is 23.3 Å². The third-order valence-electron chi connectivity index (χ3n) is 3.06. The molecule has 24 heavy (non-hydrogen) atoms. The first-order valence-corrected chi connectivity index (χ1v) is 9.41. The summed E-state index contributed by atoms with van der Waals surface area (Å²) in [4.78, 5) is 20.7. The lowest BCUT2D eigenvalue weighted by Crippen LogP contribution is -2.12. The van der Waals surface area contributed by atoms with Crippen molar-refractivity contribution in [3.63, 3.8) is 0 Å². The number of hydrogen-bond acceptors (Lipinski definition) is 7. The molecule has 7 nitrogen and oxygen atoms in total. The number of ether oxygens (including phenoxy) is 1. The van der Waals surface area contributed by atoms with Crippen LogP contribution in [0, 0.1) is 0 Å². The average Bonchev–Trinajstić information content (AvgIpc) is 2.46. The van der Waals surface area contributed by atoms with E-state index >= 15 is 0 Å². The molecule has 0 aliphatic carbocycles. The molecule has 0 radical (unpaired) electrons. The summed E-state index contributed by atoms with van der Waals surface area (Å²) in [5.74, 6) is 0.000915. The lowest BCUT2D eigenvalue weighted by atomic mass is 10.1. The maximum atomic E-state index is 12.3. The van der Waals surface area contributed by atoms with Crippen molar-refractivity contribution in [1.29, 1.82) is 0 Å². The van der Waals surface area contributed by atoms with E-state index in [-0.39, 0.29) is 35.5 Å². The number of Topliss-reactive ketones (excluding diaryl/α,β-unsaturated/α-hetero) is 1. The number of carbonyl (C=O) groups excluding carboxylic acids is 1. The zero-order valence-electron chi connectivity index (χ0n) is 14.1. The zero-order valence-corrected chi connectivity index (χ0v) is 14.9. The Hall–Kier alpha value is -2.22. The molecule has 130 valence electrons. The number of fused-ring (bicyclic) bond motifs is 1. The van der Waals surface area contributed by atoms with Crippen LogP contribution in [-0.2, 0) is 10.1 Å². The summed E-state index contributed by atoms with van der Waals surface area (Å²) in [5, 5.41) is 0.369. The molecule has 0 aliphatic rings. The van der Waals surface area contributed by atoms with Crippen LogP contribution in [0.1, 0.15) is 44.0 Å². The van der Waals surface area contributed by atoms with Gasteiger partial charge in [0.15, 0.2) is 11.5 Å². The van der Waals surface area contributed by atoms with Crippen LogP contribution < -0.4 is 8.92 Å². The van der Waals surface area contributed by atoms with Gasteiger partial charge in [0.25, 0.3) is 0 Å². The Morgan fingerprint density at radius 3 is 2.58 bits per heavy atom. The molecule has 0 amide bonds. The molecule has 0 fully saturated rings. The number of hydrogen-bond donors (Lipinski definition) is 0. The highest BCUT2D eigenvalue weighted by Gasteiger charge is 2.22. The first-order chi connectivity index (χ1) is 11.2. The van der Waals surface area contributed by atoms with E-state index in [1.165, 1.54) is 12.4 Å². The van der Waals surface area contributed by atoms with Crippen molar-refractivity contribution in [2.75, 3.05) is 6.26 Å². The van der Waals surface area contributed by atoms with Gasteiger partial charge in [-0.25, -0.2) is 9.97 Å². The molecule has 2 aromatic rings. The molecule has 0 bridgehead atoms. The molecule has 0 atom stereocenters. The molecule has 2 rings (SSSR count). The first-order valence-electron chi connectivity index (χ1n) is 7.60. The van der Waals surface area contributed by atoms with Gasteiger partial charge in [-0.15, -0.1) is 0 Å². The van der Waals surface area contributed by atoms with Crippen molar-refractivity contribution in [2.24, 2.45) is 0 Å². The van der Waals surface area contributed by atoms with Crippen LogP contribution in [-0.4, -0.2) is 36.5 Å². The zero-order chi connectivity index (χ0) is 17.9. The number of aromatic nitrogens is 2. The van der Waals surface area contributed by atoms with Crippen LogP contribution in [0.15, 0.2) is 18.5 Å². The van der Waals surface area contributed by atoms with E-state index < -0.39 is 10.1 Å². The second-order valence-corrected chi connectivity index (χ2v) is 7.22. The first kappa shape index (κ1) is 18.1. The molecule has 0 unspecified atom stereocenters. The lowest BCUT2D eigenvalue weighted by Gasteiger charge is -2.14. The van der Waals surface area contributed by atoms with Crippen molar-refractivity contribution in [3.8, 4) is 11.6 Å². The van der Waals surface area contributed by atoms with E-state index in [0.717, 1.165) is 6.26 Å². The normalized spacial score (nSPS) is 11.7. The van der Waals surface area contributed by atoms with Crippen molar-refractivity contribution in [2.45, 2.75) is 39.7 Å². The fraction of sp³-hybridized carbons (Fsp3) is 0.438. The SMILES string of the molecule is CCCC(=O)c1cnc2c(OC(C)C)nccc2c1OS(C)(=O)=O. The highest BCUT2D eigenvalue weighted by molar-refractivity contribution is 7.86. The summed E-state index contributed by atoms with van der Waals surface area (Å²) in [5.41, 5.74) is 0.481. The van der Waals surface area contributed by atoms with Crippen LogP contribution in [0.5, 0.6) is 11.6 Å². The Kier molecular flexibility index (Phi) is 5.38. The Labute approximate surface area is 141 Å². The van der Waals surface area contributed by atoms with Gasteiger partial charge in [0.1, 0.15) is 5.52 Å². The number of ketones is 1. The van der Waals surface area contributed by atoms with Gasteiger partial charge in [-0.2, -0.15) is 8.42 Å². The summed E-state index contributed by atoms with van der Waals surface area (Å²) in [6.45, 7) is 5.54. The van der Waals surface area contributed by atoms with Crippen molar-refractivity contribution >= 4 is 26.8 Å². The minimum Gasteiger partial charge on any atom is -0.473 e. The minimum atomic E-state index is -3.82. The van der Waals surface area contributed by atoms with Gasteiger partial charge in [0.2, 0.25) is 5.88 Å². The Bertz CT molecular complexity index is 862. The number of pyridine rings is 2. The maximum absolute atomic E-state index is 12.3. The lowest BCUT2D eigenvalue weighted by molar-refractivity contribution is 0.0980. The monoisotopic (exact) mass is 352 g/mol. The van der Waals surface area contributed by atoms with Crippen LogP contribution >= 0.6 is 0 Å². The molecule has 0 saturated heterocycles. The van der Waals surface area contributed by atoms with Crippen molar-refractivity contribution in [1.82, 2.24) is 9.97 Å². The number of carbonyl (C=O) groups is 1. The largest absolute Gasteiger partial charge is 0.473 e. The molecular formula is C16H20N2O5S. The predicted octanol–water partition coefficient (Wildman–Crippen LogP) is 2.74. The molecule has 0 aromatic carbocycles. The fourth-order valence-corrected chi connectivity index (χ4v) is 2.67. The topological polar surface area (TPSA) is 95.4 Å². The highest BCUT2D eigenvalue weighted by atomic mass is 32.2. The summed E-state index contributed by atoms with van der Waals surface area (Å²) >= 11 is 0. The van der Waals surface area contributed by atoms with Crippen LogP contribution in [0.3, 0.4) is 0 Å². The van der Waals surface area contributed by atoms with Crippen LogP contribution in [0.25, 0.3) is 10.9 Å². The predicted molar refractivity (Wildman–Crippen MR) is 90.0 cm³/mol. The molecular weight excluding hydrogens is 332 g/mol. The Morgan fingerprint density at radius 2 is 2.00 bits per heavy atom. The third-order valence-corrected chi connectivity index (χ3v) is 3.53. The molecule has 0 saturated carbocycles. The van der Waals surface area contributed by atoms with Gasteiger partial charge in [-0.05, 0) is 26.3 Å². The Balaban J connectivity index is 2.71. The van der Waals surface area contributed by atoms with Crippen molar-refractivity contribution < 1.29 is 22.1 Å². The summed E-state index contributed by atoms with van der Waals surface area (Å²) in [7, 11) is -3.82. The van der Waals surface area contributed by atoms with E-state index in [2.05, 4.69) is 9.97 Å². The highest BCUT2D eigenvalue weighted by Crippen LogP contribution is 2.34. The summed E-state index contributed by atoms with van der Waals surface area (Å²) in [6.07, 6.45) is 4.48. The van der Waals surface area contributed by atoms with Gasteiger partial charge in [-0.3, -0.25) is 4.79 Å². The smallest absolute Gasteiger partial charge is 0.306 e. The minimum absolute atomic E-state index is 0.0306. The molecule has 0 N–H and O–H groups in total. The average molecular weight is 352 g/mol. The van der Waals surface area contributed by atoms with E-state index in [1.54, 1.807) is 6.07 Å². The van der Waals surface area contributed by atoms with Gasteiger partial charge >= 0.3 is 10.1 Å². The second-order valence-electron chi connectivity index (χ2n) is 5.64. The van der Waals surface area contributed by atoms with Gasteiger partial charge in [-0.1, -0.05) is 6.92 Å². The fourth-order valence-electron chi connectivity index (χ4n) is 2.19. The second kappa shape index (κ2) is 7.12. The molecule has 8 heteroatoms. The van der Waals surface area contributed by atoms with Gasteiger partial charge in [0, 0.05) is 18.8 Å². The third kappa shape index (κ3) is 4.19. The maximum Gasteiger partial charge on any atom is 0.306 e. The van der Waals surface area contributed by atoms with E-state index in [0.29, 0.717) is 17.3 Å². The Morgan fingerprint density at radius 1 is 1.29 bits per heavy atom. The van der Waals surface area contributed by atoms with E-state index in [4.69, 9.17) is 8.92 Å². The molecule has 2 heterocycles. The van der Waals surface area contributed by atoms with E-state index in [1.807, 2.05) is 20.8 Å². The van der Waals surface area contributed by atoms with Gasteiger partial charge < -0.3 is 8.92 Å². The standard InChI is InChI=1S/C16H20N2O5S/c1-5-6-13(19)12-9-18-14-11(15(12)23-24(4,20)21)7-8-17-16(14)22-10(2)3/h7-10H,5-6H2,1-4H3. The van der Waals surface area contributed by atoms with E-state index in [9.17, 15) is 13.2 Å². The summed E-state index contributed by atoms with van der Waals surface area (Å²) in [6, 6.07) is 1.55. The number of rotatable bonds is 7. The molecule has 0 spiro atoms. The van der Waals surface area contributed by atoms with Crippen LogP contribution in [0.2, 0.25) is 0 Å².